The maximum absolute atomic E-state index is 13.7. The highest BCUT2D eigenvalue weighted by Gasteiger charge is 2.35. The molecule has 0 radical (unpaired) electrons. The van der Waals surface area contributed by atoms with Crippen LogP contribution in [0.25, 0.3) is 16.7 Å². The smallest absolute Gasteiger partial charge is 0.350 e. The van der Waals surface area contributed by atoms with Crippen molar-refractivity contribution in [2.75, 3.05) is 0 Å². The van der Waals surface area contributed by atoms with E-state index in [2.05, 4.69) is 10.3 Å². The number of aromatic nitrogens is 3. The molecule has 0 aliphatic heterocycles. The fourth-order valence-electron chi connectivity index (χ4n) is 3.40. The van der Waals surface area contributed by atoms with E-state index in [1.165, 1.54) is 17.0 Å². The lowest BCUT2D eigenvalue weighted by Crippen LogP contribution is -2.40. The van der Waals surface area contributed by atoms with Gasteiger partial charge >= 0.3 is 17.3 Å². The van der Waals surface area contributed by atoms with Crippen molar-refractivity contribution < 1.29 is 18.0 Å². The van der Waals surface area contributed by atoms with Gasteiger partial charge in [0.15, 0.2) is 0 Å². The highest BCUT2D eigenvalue weighted by molar-refractivity contribution is 5.82. The van der Waals surface area contributed by atoms with Crippen molar-refractivity contribution >= 4 is 16.9 Å². The molecule has 10 heteroatoms. The number of rotatable bonds is 5. The Morgan fingerprint density at radius 1 is 1.00 bits per heavy atom. The van der Waals surface area contributed by atoms with E-state index in [-0.39, 0.29) is 23.3 Å². The summed E-state index contributed by atoms with van der Waals surface area (Å²) in [6.07, 6.45) is -1.85. The number of nitrogens with zero attached hydrogens (tertiary/aromatic N) is 2. The van der Waals surface area contributed by atoms with Crippen LogP contribution in [-0.2, 0) is 24.1 Å². The van der Waals surface area contributed by atoms with Gasteiger partial charge in [-0.25, -0.2) is 0 Å². The second-order valence-corrected chi connectivity index (χ2v) is 7.08. The molecule has 32 heavy (non-hydrogen) atoms. The Morgan fingerprint density at radius 2 is 1.69 bits per heavy atom. The van der Waals surface area contributed by atoms with Gasteiger partial charge in [0, 0.05) is 18.9 Å². The Bertz CT molecular complexity index is 1390. The molecular weight excluding hydrogens is 425 g/mol. The fraction of sp³-hybridized carbons (Fsp3) is 0.136. The van der Waals surface area contributed by atoms with Gasteiger partial charge in [0.1, 0.15) is 6.54 Å². The van der Waals surface area contributed by atoms with E-state index in [4.69, 9.17) is 0 Å². The number of fused-ring (bicyclic) bond motifs is 1. The number of benzene rings is 2. The van der Waals surface area contributed by atoms with Crippen LogP contribution in [0, 0.1) is 0 Å². The molecule has 0 aliphatic rings. The molecule has 2 N–H and O–H groups in total. The van der Waals surface area contributed by atoms with Gasteiger partial charge in [-0.15, -0.1) is 0 Å². The van der Waals surface area contributed by atoms with Gasteiger partial charge in [-0.2, -0.15) is 13.2 Å². The third-order valence-electron chi connectivity index (χ3n) is 4.91. The summed E-state index contributed by atoms with van der Waals surface area (Å²) in [5.41, 5.74) is -2.75. The molecule has 0 atom stereocenters. The summed E-state index contributed by atoms with van der Waals surface area (Å²) in [6, 6.07) is 14.1. The van der Waals surface area contributed by atoms with Crippen molar-refractivity contribution in [3.8, 4) is 5.69 Å². The molecule has 2 aromatic heterocycles. The first-order chi connectivity index (χ1) is 15.2. The molecule has 0 saturated heterocycles. The summed E-state index contributed by atoms with van der Waals surface area (Å²) in [5, 5.41) is 2.64. The van der Waals surface area contributed by atoms with Crippen LogP contribution in [0.15, 0.2) is 76.6 Å². The lowest BCUT2D eigenvalue weighted by atomic mass is 10.1. The summed E-state index contributed by atoms with van der Waals surface area (Å²) in [6.45, 7) is -0.328. The van der Waals surface area contributed by atoms with E-state index in [1.807, 2.05) is 6.07 Å². The minimum absolute atomic E-state index is 0.00108. The van der Waals surface area contributed by atoms with Crippen molar-refractivity contribution in [3.05, 3.63) is 98.8 Å². The number of aromatic amines is 1. The molecule has 0 fully saturated rings. The van der Waals surface area contributed by atoms with Gasteiger partial charge in [0.25, 0.3) is 0 Å². The lowest BCUT2D eigenvalue weighted by molar-refractivity contribution is -0.137. The Morgan fingerprint density at radius 3 is 2.34 bits per heavy atom. The van der Waals surface area contributed by atoms with Crippen LogP contribution >= 0.6 is 0 Å². The zero-order chi connectivity index (χ0) is 22.9. The van der Waals surface area contributed by atoms with Crippen LogP contribution in [0.5, 0.6) is 0 Å². The second kappa shape index (κ2) is 8.22. The SMILES string of the molecule is O=C(Cn1c(=O)c(=O)[nH]c2cc(C(F)(F)F)c(-n3cccc3)cc21)NCc1ccccc1. The number of alkyl halides is 3. The molecule has 4 rings (SSSR count). The number of carbonyl (C=O) groups excluding carboxylic acids is 1. The van der Waals surface area contributed by atoms with E-state index in [0.717, 1.165) is 22.3 Å². The highest BCUT2D eigenvalue weighted by Crippen LogP contribution is 2.35. The maximum Gasteiger partial charge on any atom is 0.418 e. The van der Waals surface area contributed by atoms with Crippen LogP contribution in [0.1, 0.15) is 11.1 Å². The number of halogens is 3. The molecule has 0 unspecified atom stereocenters. The van der Waals surface area contributed by atoms with Crippen LogP contribution in [0.2, 0.25) is 0 Å². The Labute approximate surface area is 178 Å². The van der Waals surface area contributed by atoms with E-state index in [9.17, 15) is 27.6 Å². The van der Waals surface area contributed by atoms with E-state index < -0.39 is 35.3 Å². The molecule has 0 saturated carbocycles. The molecular formula is C22H17F3N4O3. The monoisotopic (exact) mass is 442 g/mol. The quantitative estimate of drug-likeness (QED) is 0.466. The molecule has 0 bridgehead atoms. The van der Waals surface area contributed by atoms with Gasteiger partial charge < -0.3 is 14.9 Å². The minimum Gasteiger partial charge on any atom is -0.350 e. The summed E-state index contributed by atoms with van der Waals surface area (Å²) < 4.78 is 43.2. The van der Waals surface area contributed by atoms with Crippen molar-refractivity contribution in [3.63, 3.8) is 0 Å². The van der Waals surface area contributed by atoms with Crippen LogP contribution in [-0.4, -0.2) is 20.0 Å². The van der Waals surface area contributed by atoms with E-state index >= 15 is 0 Å². The molecule has 4 aromatic rings. The largest absolute Gasteiger partial charge is 0.418 e. The molecule has 0 aliphatic carbocycles. The first kappa shape index (κ1) is 21.2. The van der Waals surface area contributed by atoms with E-state index in [0.29, 0.717) is 0 Å². The summed E-state index contributed by atoms with van der Waals surface area (Å²) >= 11 is 0. The van der Waals surface area contributed by atoms with Gasteiger partial charge in [0.2, 0.25) is 5.91 Å². The average Bonchev–Trinajstić information content (AvgIpc) is 3.29. The van der Waals surface area contributed by atoms with Gasteiger partial charge in [-0.05, 0) is 29.8 Å². The molecule has 164 valence electrons. The summed E-state index contributed by atoms with van der Waals surface area (Å²) in [5.74, 6) is -0.565. The summed E-state index contributed by atoms with van der Waals surface area (Å²) in [4.78, 5) is 39.2. The highest BCUT2D eigenvalue weighted by atomic mass is 19.4. The first-order valence-electron chi connectivity index (χ1n) is 9.56. The van der Waals surface area contributed by atoms with Crippen LogP contribution < -0.4 is 16.4 Å². The fourth-order valence-corrected chi connectivity index (χ4v) is 3.40. The topological polar surface area (TPSA) is 88.9 Å². The Balaban J connectivity index is 1.79. The number of hydrogen-bond acceptors (Lipinski definition) is 3. The molecule has 2 aromatic carbocycles. The third kappa shape index (κ3) is 4.20. The molecule has 1 amide bonds. The Kier molecular flexibility index (Phi) is 5.43. The van der Waals surface area contributed by atoms with Crippen LogP contribution in [0.4, 0.5) is 13.2 Å². The predicted octanol–water partition coefficient (Wildman–Crippen LogP) is 2.82. The maximum atomic E-state index is 13.7. The molecule has 0 spiro atoms. The zero-order valence-electron chi connectivity index (χ0n) is 16.5. The average molecular weight is 442 g/mol. The first-order valence-corrected chi connectivity index (χ1v) is 9.56. The number of H-pyrrole nitrogens is 1. The van der Waals surface area contributed by atoms with Gasteiger partial charge in [-0.1, -0.05) is 30.3 Å². The zero-order valence-corrected chi connectivity index (χ0v) is 16.5. The van der Waals surface area contributed by atoms with E-state index in [1.54, 1.807) is 36.4 Å². The standard InChI is InChI=1S/C22H17F3N4O3/c23-22(24,25)15-10-16-18(11-17(15)28-8-4-5-9-28)29(21(32)20(31)27-16)13-19(30)26-12-14-6-2-1-3-7-14/h1-11H,12-13H2,(H,26,30)(H,27,31). The molecule has 2 heterocycles. The predicted molar refractivity (Wildman–Crippen MR) is 111 cm³/mol. The van der Waals surface area contributed by atoms with Gasteiger partial charge in [-0.3, -0.25) is 19.0 Å². The number of hydrogen-bond donors (Lipinski definition) is 2. The van der Waals surface area contributed by atoms with Crippen LogP contribution in [0.3, 0.4) is 0 Å². The van der Waals surface area contributed by atoms with Crippen molar-refractivity contribution in [1.82, 2.24) is 19.4 Å². The lowest BCUT2D eigenvalue weighted by Gasteiger charge is -2.17. The number of amides is 1. The minimum atomic E-state index is -4.71. The van der Waals surface area contributed by atoms with Crippen molar-refractivity contribution in [2.45, 2.75) is 19.3 Å². The molecule has 7 nitrogen and oxygen atoms in total. The normalized spacial score (nSPS) is 11.6. The van der Waals surface area contributed by atoms with Crippen molar-refractivity contribution in [2.24, 2.45) is 0 Å². The third-order valence-corrected chi connectivity index (χ3v) is 4.91. The van der Waals surface area contributed by atoms with Gasteiger partial charge in [0.05, 0.1) is 22.3 Å². The number of nitrogens with one attached hydrogen (secondary N) is 2. The second-order valence-electron chi connectivity index (χ2n) is 7.08. The van der Waals surface area contributed by atoms with Crippen molar-refractivity contribution in [1.29, 1.82) is 0 Å². The Hall–Kier alpha value is -4.08. The number of carbonyl (C=O) groups is 1. The summed E-state index contributed by atoms with van der Waals surface area (Å²) in [7, 11) is 0.